The summed E-state index contributed by atoms with van der Waals surface area (Å²) in [5.74, 6) is -8.34. The zero-order valence-electron chi connectivity index (χ0n) is 24.9. The highest BCUT2D eigenvalue weighted by Gasteiger charge is 2.76. The maximum atomic E-state index is 14.3. The number of aromatic hydroxyl groups is 1. The molecule has 10 nitrogen and oxygen atoms in total. The second-order valence-electron chi connectivity index (χ2n) is 12.4. The Labute approximate surface area is 290 Å². The molecule has 16 heteroatoms. The monoisotopic (exact) mass is 771 g/mol. The van der Waals surface area contributed by atoms with Crippen LogP contribution in [-0.4, -0.2) is 81.5 Å². The van der Waals surface area contributed by atoms with Crippen LogP contribution in [0.2, 0.25) is 0 Å². The number of fused-ring (bicyclic) bond motifs is 4. The fraction of sp³-hybridized carbons (Fsp3) is 0.438. The molecule has 0 radical (unpaired) electrons. The number of allylic oxidation sites excluding steroid dienone is 2. The number of phenolic OH excluding ortho intramolecular Hbond substituents is 1. The van der Waals surface area contributed by atoms with Crippen LogP contribution in [0.5, 0.6) is 11.5 Å². The van der Waals surface area contributed by atoms with Gasteiger partial charge in [0.15, 0.2) is 9.75 Å². The third-order valence-corrected chi connectivity index (χ3v) is 12.0. The Balaban J connectivity index is 1.31. The lowest BCUT2D eigenvalue weighted by Crippen LogP contribution is -2.60. The predicted octanol–water partition coefficient (Wildman–Crippen LogP) is 5.04. The number of hydrogen-bond acceptors (Lipinski definition) is 8. The minimum absolute atomic E-state index is 0.0337. The summed E-state index contributed by atoms with van der Waals surface area (Å²) in [7, 11) is 0. The van der Waals surface area contributed by atoms with Crippen molar-refractivity contribution in [3.63, 3.8) is 0 Å². The van der Waals surface area contributed by atoms with Gasteiger partial charge in [0.05, 0.1) is 36.2 Å². The van der Waals surface area contributed by atoms with Crippen LogP contribution in [0.1, 0.15) is 24.3 Å². The number of rotatable bonds is 5. The van der Waals surface area contributed by atoms with E-state index in [1.54, 1.807) is 18.2 Å². The van der Waals surface area contributed by atoms with E-state index >= 15 is 0 Å². The van der Waals surface area contributed by atoms with Gasteiger partial charge in [-0.1, -0.05) is 27.6 Å². The van der Waals surface area contributed by atoms with Crippen LogP contribution in [0.25, 0.3) is 0 Å². The van der Waals surface area contributed by atoms with Crippen LogP contribution in [0.3, 0.4) is 0 Å². The summed E-state index contributed by atoms with van der Waals surface area (Å²) in [6, 6.07) is 9.73. The van der Waals surface area contributed by atoms with Gasteiger partial charge in [0, 0.05) is 30.3 Å². The molecular formula is C32H27BrCl2F3N3O7. The van der Waals surface area contributed by atoms with E-state index in [9.17, 15) is 37.5 Å². The first-order valence-corrected chi connectivity index (χ1v) is 17.0. The molecule has 4 fully saturated rings. The van der Waals surface area contributed by atoms with Crippen molar-refractivity contribution in [2.75, 3.05) is 41.6 Å². The van der Waals surface area contributed by atoms with E-state index < -0.39 is 74.9 Å². The third kappa shape index (κ3) is 4.84. The van der Waals surface area contributed by atoms with E-state index in [1.807, 2.05) is 12.1 Å². The number of amides is 4. The van der Waals surface area contributed by atoms with E-state index in [2.05, 4.69) is 25.6 Å². The molecule has 48 heavy (non-hydrogen) atoms. The average molecular weight is 773 g/mol. The largest absolute Gasteiger partial charge is 0.573 e. The lowest BCUT2D eigenvalue weighted by molar-refractivity contribution is -0.274. The SMILES string of the molecule is O=C1C2CC=C3C(CC4(Cl)C(=O)N(CBr)C(=O)C4(Cl)C3c3cc(OC(F)(F)F)ccc3O)C2C(=O)N1c1ccc(N2CCOCC2)cc1. The molecule has 4 amide bonds. The summed E-state index contributed by atoms with van der Waals surface area (Å²) in [5, 5.41) is 11.0. The number of alkyl halides is 6. The molecule has 254 valence electrons. The number of morpholine rings is 1. The number of imide groups is 2. The predicted molar refractivity (Wildman–Crippen MR) is 170 cm³/mol. The molecule has 0 spiro atoms. The molecule has 2 aromatic rings. The van der Waals surface area contributed by atoms with Crippen molar-refractivity contribution in [3.05, 3.63) is 59.7 Å². The molecule has 0 bridgehead atoms. The van der Waals surface area contributed by atoms with Crippen LogP contribution in [-0.2, 0) is 23.9 Å². The molecule has 6 unspecified atom stereocenters. The summed E-state index contributed by atoms with van der Waals surface area (Å²) in [6.45, 7) is 2.55. The lowest BCUT2D eigenvalue weighted by atomic mass is 9.56. The van der Waals surface area contributed by atoms with Crippen LogP contribution in [0.15, 0.2) is 54.1 Å². The number of benzene rings is 2. The molecule has 5 aliphatic rings. The third-order valence-electron chi connectivity index (χ3n) is 10.0. The number of phenols is 1. The van der Waals surface area contributed by atoms with Gasteiger partial charge in [-0.15, -0.1) is 36.4 Å². The van der Waals surface area contributed by atoms with Gasteiger partial charge in [0.1, 0.15) is 11.5 Å². The lowest BCUT2D eigenvalue weighted by Gasteiger charge is -2.50. The molecule has 6 atom stereocenters. The minimum Gasteiger partial charge on any atom is -0.508 e. The second kappa shape index (κ2) is 11.6. The first-order chi connectivity index (χ1) is 22.7. The fourth-order valence-corrected chi connectivity index (χ4v) is 9.37. The molecule has 0 aromatic heterocycles. The Morgan fingerprint density at radius 3 is 2.27 bits per heavy atom. The van der Waals surface area contributed by atoms with Crippen molar-refractivity contribution in [3.8, 4) is 11.5 Å². The number of halogens is 6. The summed E-state index contributed by atoms with van der Waals surface area (Å²) < 4.78 is 49.2. The van der Waals surface area contributed by atoms with Gasteiger partial charge in [0.25, 0.3) is 11.8 Å². The topological polar surface area (TPSA) is 117 Å². The van der Waals surface area contributed by atoms with E-state index in [1.165, 1.54) is 0 Å². The Morgan fingerprint density at radius 1 is 0.958 bits per heavy atom. The van der Waals surface area contributed by atoms with Gasteiger partial charge in [-0.05, 0) is 61.2 Å². The van der Waals surface area contributed by atoms with E-state index in [-0.39, 0.29) is 23.9 Å². The van der Waals surface area contributed by atoms with Crippen LogP contribution < -0.4 is 14.5 Å². The Bertz CT molecular complexity index is 1750. The normalized spacial score (nSPS) is 31.9. The molecule has 1 N–H and O–H groups in total. The number of likely N-dealkylation sites (tertiary alicyclic amines) is 1. The second-order valence-corrected chi connectivity index (χ2v) is 14.1. The van der Waals surface area contributed by atoms with Crippen molar-refractivity contribution >= 4 is 74.1 Å². The summed E-state index contributed by atoms with van der Waals surface area (Å²) in [5.41, 5.74) is 1.02. The molecule has 3 aliphatic heterocycles. The summed E-state index contributed by atoms with van der Waals surface area (Å²) in [4.78, 5) is 55.4. The van der Waals surface area contributed by atoms with Gasteiger partial charge in [-0.2, -0.15) is 0 Å². The Hall–Kier alpha value is -3.33. The molecule has 1 saturated carbocycles. The first-order valence-electron chi connectivity index (χ1n) is 15.1. The average Bonchev–Trinajstić information content (AvgIpc) is 3.39. The fourth-order valence-electron chi connectivity index (χ4n) is 7.95. The Morgan fingerprint density at radius 2 is 1.62 bits per heavy atom. The van der Waals surface area contributed by atoms with E-state index in [0.29, 0.717) is 37.6 Å². The van der Waals surface area contributed by atoms with Gasteiger partial charge in [-0.3, -0.25) is 29.0 Å². The highest BCUT2D eigenvalue weighted by molar-refractivity contribution is 9.09. The van der Waals surface area contributed by atoms with Crippen molar-refractivity contribution in [2.45, 2.75) is 34.9 Å². The van der Waals surface area contributed by atoms with Crippen LogP contribution in [0.4, 0.5) is 24.5 Å². The van der Waals surface area contributed by atoms with Crippen molar-refractivity contribution in [1.29, 1.82) is 0 Å². The number of ether oxygens (including phenoxy) is 2. The van der Waals surface area contributed by atoms with Crippen molar-refractivity contribution < 1.29 is 46.9 Å². The number of hydrogen-bond donors (Lipinski definition) is 1. The van der Waals surface area contributed by atoms with E-state index in [0.717, 1.165) is 33.7 Å². The number of anilines is 2. The molecule has 2 aliphatic carbocycles. The Kier molecular flexibility index (Phi) is 8.04. The number of carbonyl (C=O) groups is 4. The van der Waals surface area contributed by atoms with E-state index in [4.69, 9.17) is 27.9 Å². The zero-order valence-corrected chi connectivity index (χ0v) is 28.0. The maximum Gasteiger partial charge on any atom is 0.573 e. The standard InChI is InChI=1S/C32H27BrCl2F3N3O7/c33-15-40-28(45)30(34)14-22-19(25(31(30,35)29(40)46)21-13-18(5-8-23(21)42)48-32(36,37)38)6-7-20-24(22)27(44)41(26(20)43)17-3-1-16(2-4-17)39-9-11-47-12-10-39/h1-6,8,13,20,22,24-25,42H,7,9-12,14-15H2. The molecule has 3 saturated heterocycles. The highest BCUT2D eigenvalue weighted by atomic mass is 79.9. The van der Waals surface area contributed by atoms with Gasteiger partial charge in [0.2, 0.25) is 11.8 Å². The highest BCUT2D eigenvalue weighted by Crippen LogP contribution is 2.66. The molecule has 7 rings (SSSR count). The number of nitrogens with zero attached hydrogens (tertiary/aromatic N) is 3. The van der Waals surface area contributed by atoms with Gasteiger partial charge >= 0.3 is 6.36 Å². The quantitative estimate of drug-likeness (QED) is 0.195. The van der Waals surface area contributed by atoms with Crippen LogP contribution >= 0.6 is 39.1 Å². The molecular weight excluding hydrogens is 746 g/mol. The van der Waals surface area contributed by atoms with Gasteiger partial charge in [-0.25, -0.2) is 0 Å². The summed E-state index contributed by atoms with van der Waals surface area (Å²) in [6.07, 6.45) is -3.75. The van der Waals surface area contributed by atoms with Crippen LogP contribution in [0, 0.1) is 17.8 Å². The molecule has 3 heterocycles. The maximum absolute atomic E-state index is 14.3. The van der Waals surface area contributed by atoms with Crippen molar-refractivity contribution in [1.82, 2.24) is 4.90 Å². The number of carbonyl (C=O) groups excluding carboxylic acids is 4. The zero-order chi connectivity index (χ0) is 34.3. The first kappa shape index (κ1) is 33.2. The van der Waals surface area contributed by atoms with Crippen molar-refractivity contribution in [2.24, 2.45) is 17.8 Å². The smallest absolute Gasteiger partial charge is 0.508 e. The minimum atomic E-state index is -5.08. The molecule has 2 aromatic carbocycles. The summed E-state index contributed by atoms with van der Waals surface area (Å²) >= 11 is 17.4. The van der Waals surface area contributed by atoms with Gasteiger partial charge < -0.3 is 19.5 Å².